The van der Waals surface area contributed by atoms with Crippen LogP contribution in [0.25, 0.3) is 0 Å². The molecule has 18 heavy (non-hydrogen) atoms. The van der Waals surface area contributed by atoms with Crippen molar-refractivity contribution in [1.29, 1.82) is 0 Å². The summed E-state index contributed by atoms with van der Waals surface area (Å²) in [6.45, 7) is 1.51. The minimum atomic E-state index is -0.675. The molecule has 0 amide bonds. The molecule has 5 heteroatoms. The van der Waals surface area contributed by atoms with Crippen LogP contribution in [0.1, 0.15) is 31.1 Å². The van der Waals surface area contributed by atoms with Gasteiger partial charge in [-0.05, 0) is 31.4 Å². The first-order valence-corrected chi connectivity index (χ1v) is 6.35. The summed E-state index contributed by atoms with van der Waals surface area (Å²) in [6.07, 6.45) is 3.33. The van der Waals surface area contributed by atoms with Gasteiger partial charge in [0, 0.05) is 19.1 Å². The van der Waals surface area contributed by atoms with Crippen LogP contribution in [0.2, 0.25) is 0 Å². The Morgan fingerprint density at radius 2 is 2.17 bits per heavy atom. The number of halogens is 1. The van der Waals surface area contributed by atoms with Gasteiger partial charge in [0.1, 0.15) is 5.82 Å². The average Bonchev–Trinajstić information content (AvgIpc) is 3.19. The highest BCUT2D eigenvalue weighted by atomic mass is 19.1. The molecule has 4 nitrogen and oxygen atoms in total. The van der Waals surface area contributed by atoms with Crippen molar-refractivity contribution in [3.05, 3.63) is 29.8 Å². The highest BCUT2D eigenvalue weighted by Crippen LogP contribution is 2.27. The van der Waals surface area contributed by atoms with Gasteiger partial charge in [-0.1, -0.05) is 0 Å². The van der Waals surface area contributed by atoms with E-state index in [2.05, 4.69) is 9.88 Å². The number of aliphatic hydroxyl groups excluding tert-OH is 2. The van der Waals surface area contributed by atoms with Gasteiger partial charge in [0.05, 0.1) is 24.6 Å². The SMILES string of the molecule is OCCN(CCC(O)c1ccc(F)cn1)C1CC1. The Hall–Kier alpha value is -1.04. The summed E-state index contributed by atoms with van der Waals surface area (Å²) < 4.78 is 12.7. The fourth-order valence-electron chi connectivity index (χ4n) is 2.07. The molecule has 1 aliphatic rings. The zero-order valence-electron chi connectivity index (χ0n) is 10.3. The van der Waals surface area contributed by atoms with Crippen LogP contribution in [0.15, 0.2) is 18.3 Å². The van der Waals surface area contributed by atoms with Gasteiger partial charge in [-0.15, -0.1) is 0 Å². The number of pyridine rings is 1. The molecule has 100 valence electrons. The molecule has 1 atom stereocenters. The van der Waals surface area contributed by atoms with E-state index in [0.29, 0.717) is 24.7 Å². The van der Waals surface area contributed by atoms with Crippen molar-refractivity contribution in [2.24, 2.45) is 0 Å². The van der Waals surface area contributed by atoms with Crippen LogP contribution < -0.4 is 0 Å². The Morgan fingerprint density at radius 3 is 2.72 bits per heavy atom. The molecule has 1 aromatic heterocycles. The maximum absolute atomic E-state index is 12.7. The summed E-state index contributed by atoms with van der Waals surface area (Å²) in [7, 11) is 0. The molecule has 2 N–H and O–H groups in total. The van der Waals surface area contributed by atoms with Crippen molar-refractivity contribution < 1.29 is 14.6 Å². The summed E-state index contributed by atoms with van der Waals surface area (Å²) >= 11 is 0. The Morgan fingerprint density at radius 1 is 1.39 bits per heavy atom. The Labute approximate surface area is 106 Å². The molecule has 1 aromatic rings. The third-order valence-corrected chi connectivity index (χ3v) is 3.23. The second-order valence-electron chi connectivity index (χ2n) is 4.70. The zero-order valence-corrected chi connectivity index (χ0v) is 10.3. The highest BCUT2D eigenvalue weighted by Gasteiger charge is 2.28. The average molecular weight is 254 g/mol. The van der Waals surface area contributed by atoms with Crippen LogP contribution in [0.3, 0.4) is 0 Å². The number of hydrogen-bond acceptors (Lipinski definition) is 4. The first kappa shape index (κ1) is 13.4. The van der Waals surface area contributed by atoms with E-state index in [0.717, 1.165) is 12.7 Å². The van der Waals surface area contributed by atoms with Gasteiger partial charge in [-0.2, -0.15) is 0 Å². The molecule has 0 radical (unpaired) electrons. The van der Waals surface area contributed by atoms with Gasteiger partial charge in [-0.3, -0.25) is 9.88 Å². The van der Waals surface area contributed by atoms with Crippen molar-refractivity contribution in [2.45, 2.75) is 31.4 Å². The first-order chi connectivity index (χ1) is 8.70. The van der Waals surface area contributed by atoms with Crippen LogP contribution in [0.5, 0.6) is 0 Å². The standard InChI is InChI=1S/C13H19FN2O2/c14-10-1-4-12(15-9-10)13(18)5-6-16(7-8-17)11-2-3-11/h1,4,9,11,13,17-18H,2-3,5-8H2. The zero-order chi connectivity index (χ0) is 13.0. The minimum absolute atomic E-state index is 0.140. The third-order valence-electron chi connectivity index (χ3n) is 3.23. The van der Waals surface area contributed by atoms with Crippen LogP contribution in [-0.4, -0.2) is 45.8 Å². The molecule has 1 heterocycles. The predicted molar refractivity (Wildman–Crippen MR) is 65.5 cm³/mol. The fraction of sp³-hybridized carbons (Fsp3) is 0.615. The second-order valence-corrected chi connectivity index (χ2v) is 4.70. The molecule has 0 spiro atoms. The van der Waals surface area contributed by atoms with Crippen molar-refractivity contribution in [2.75, 3.05) is 19.7 Å². The van der Waals surface area contributed by atoms with E-state index in [4.69, 9.17) is 5.11 Å². The molecule has 1 saturated carbocycles. The van der Waals surface area contributed by atoms with E-state index in [1.54, 1.807) is 0 Å². The highest BCUT2D eigenvalue weighted by molar-refractivity contribution is 5.08. The van der Waals surface area contributed by atoms with Gasteiger partial charge in [0.25, 0.3) is 0 Å². The fourth-order valence-corrected chi connectivity index (χ4v) is 2.07. The topological polar surface area (TPSA) is 56.6 Å². The lowest BCUT2D eigenvalue weighted by molar-refractivity contribution is 0.124. The van der Waals surface area contributed by atoms with E-state index in [1.807, 2.05) is 0 Å². The number of hydrogen-bond donors (Lipinski definition) is 2. The predicted octanol–water partition coefficient (Wildman–Crippen LogP) is 1.10. The summed E-state index contributed by atoms with van der Waals surface area (Å²) in [6, 6.07) is 3.37. The molecule has 1 unspecified atom stereocenters. The number of rotatable bonds is 7. The second kappa shape index (κ2) is 6.22. The summed E-state index contributed by atoms with van der Waals surface area (Å²) in [5.74, 6) is -0.397. The maximum atomic E-state index is 12.7. The summed E-state index contributed by atoms with van der Waals surface area (Å²) in [4.78, 5) is 6.06. The van der Waals surface area contributed by atoms with Crippen LogP contribution in [0, 0.1) is 5.82 Å². The van der Waals surface area contributed by atoms with Gasteiger partial charge in [0.2, 0.25) is 0 Å². The quantitative estimate of drug-likeness (QED) is 0.765. The van der Waals surface area contributed by atoms with Crippen molar-refractivity contribution in [3.8, 4) is 0 Å². The van der Waals surface area contributed by atoms with Crippen molar-refractivity contribution in [1.82, 2.24) is 9.88 Å². The lowest BCUT2D eigenvalue weighted by Crippen LogP contribution is -2.31. The number of aliphatic hydroxyl groups is 2. The van der Waals surface area contributed by atoms with Crippen molar-refractivity contribution in [3.63, 3.8) is 0 Å². The smallest absolute Gasteiger partial charge is 0.141 e. The van der Waals surface area contributed by atoms with E-state index < -0.39 is 11.9 Å². The molecule has 0 saturated heterocycles. The Kier molecular flexibility index (Phi) is 4.63. The van der Waals surface area contributed by atoms with Gasteiger partial charge in [0.15, 0.2) is 0 Å². The van der Waals surface area contributed by atoms with Crippen molar-refractivity contribution >= 4 is 0 Å². The van der Waals surface area contributed by atoms with Crippen LogP contribution in [0.4, 0.5) is 4.39 Å². The minimum Gasteiger partial charge on any atom is -0.395 e. The first-order valence-electron chi connectivity index (χ1n) is 6.35. The van der Waals surface area contributed by atoms with Gasteiger partial charge < -0.3 is 10.2 Å². The van der Waals surface area contributed by atoms with Gasteiger partial charge in [-0.25, -0.2) is 4.39 Å². The van der Waals surface area contributed by atoms with E-state index in [9.17, 15) is 9.50 Å². The van der Waals surface area contributed by atoms with Gasteiger partial charge >= 0.3 is 0 Å². The molecule has 1 fully saturated rings. The molecule has 0 aliphatic heterocycles. The maximum Gasteiger partial charge on any atom is 0.141 e. The Bertz CT molecular complexity index is 368. The molecule has 1 aliphatic carbocycles. The normalized spacial score (nSPS) is 17.1. The Balaban J connectivity index is 1.82. The monoisotopic (exact) mass is 254 g/mol. The van der Waals surface area contributed by atoms with E-state index >= 15 is 0 Å². The molecule has 2 rings (SSSR count). The van der Waals surface area contributed by atoms with Crippen LogP contribution in [-0.2, 0) is 0 Å². The molecule has 0 bridgehead atoms. The van der Waals surface area contributed by atoms with E-state index in [-0.39, 0.29) is 6.61 Å². The lowest BCUT2D eigenvalue weighted by Gasteiger charge is -2.22. The van der Waals surface area contributed by atoms with E-state index in [1.165, 1.54) is 25.0 Å². The lowest BCUT2D eigenvalue weighted by atomic mass is 10.1. The molecule has 0 aromatic carbocycles. The third kappa shape index (κ3) is 3.73. The summed E-state index contributed by atoms with van der Waals surface area (Å²) in [5.41, 5.74) is 0.496. The molecular formula is C13H19FN2O2. The number of aromatic nitrogens is 1. The number of nitrogens with zero attached hydrogens (tertiary/aromatic N) is 2. The van der Waals surface area contributed by atoms with Crippen LogP contribution >= 0.6 is 0 Å². The molecular weight excluding hydrogens is 235 g/mol. The largest absolute Gasteiger partial charge is 0.395 e. The summed E-state index contributed by atoms with van der Waals surface area (Å²) in [5, 5.41) is 18.9.